The van der Waals surface area contributed by atoms with E-state index in [0.717, 1.165) is 22.6 Å². The van der Waals surface area contributed by atoms with E-state index in [-0.39, 0.29) is 42.7 Å². The molecular formula is C27H40O4. The Morgan fingerprint density at radius 3 is 1.26 bits per heavy atom. The smallest absolute Gasteiger partial charge is 0.123 e. The van der Waals surface area contributed by atoms with Gasteiger partial charge in [-0.05, 0) is 45.2 Å². The zero-order valence-electron chi connectivity index (χ0n) is 20.5. The number of ether oxygens (including phenoxy) is 2. The summed E-state index contributed by atoms with van der Waals surface area (Å²) < 4.78 is 11.6. The van der Waals surface area contributed by atoms with Crippen LogP contribution in [0.1, 0.15) is 77.6 Å². The first kappa shape index (κ1) is 25.2. The van der Waals surface area contributed by atoms with E-state index in [1.165, 1.54) is 11.1 Å². The Morgan fingerprint density at radius 1 is 0.613 bits per heavy atom. The minimum atomic E-state index is -0.231. The molecule has 4 heteroatoms. The zero-order chi connectivity index (χ0) is 23.4. The highest BCUT2D eigenvalue weighted by Crippen LogP contribution is 2.41. The van der Waals surface area contributed by atoms with Gasteiger partial charge in [-0.15, -0.1) is 0 Å². The molecule has 2 aromatic rings. The fraction of sp³-hybridized carbons (Fsp3) is 0.556. The molecule has 0 saturated carbocycles. The molecule has 4 nitrogen and oxygen atoms in total. The van der Waals surface area contributed by atoms with E-state index in [1.807, 2.05) is 12.1 Å². The standard InChI is InChI=1S/C27H40O4/c1-25(2,3)21-17-19(9-11-23(21)30-15-13-28)27(7,8)20-10-12-24(31-16-14-29)22(18-20)26(4,5)6/h9-12,17-18,28-29H,13-16H2,1-8H3. The number of rotatable bonds is 8. The lowest BCUT2D eigenvalue weighted by Crippen LogP contribution is -2.23. The number of aliphatic hydroxyl groups is 2. The Labute approximate surface area is 188 Å². The van der Waals surface area contributed by atoms with E-state index < -0.39 is 0 Å². The van der Waals surface area contributed by atoms with Crippen molar-refractivity contribution in [2.24, 2.45) is 0 Å². The summed E-state index contributed by atoms with van der Waals surface area (Å²) in [6, 6.07) is 12.8. The van der Waals surface area contributed by atoms with Crippen LogP contribution in [0.5, 0.6) is 11.5 Å². The second kappa shape index (κ2) is 9.62. The van der Waals surface area contributed by atoms with Gasteiger partial charge in [0.25, 0.3) is 0 Å². The first-order valence-corrected chi connectivity index (χ1v) is 11.1. The quantitative estimate of drug-likeness (QED) is 0.595. The lowest BCUT2D eigenvalue weighted by Gasteiger charge is -2.32. The lowest BCUT2D eigenvalue weighted by molar-refractivity contribution is 0.198. The van der Waals surface area contributed by atoms with E-state index in [9.17, 15) is 10.2 Å². The molecule has 0 aliphatic heterocycles. The maximum Gasteiger partial charge on any atom is 0.123 e. The van der Waals surface area contributed by atoms with Crippen molar-refractivity contribution in [1.29, 1.82) is 0 Å². The third kappa shape index (κ3) is 6.02. The molecule has 0 saturated heterocycles. The molecule has 0 unspecified atom stereocenters. The summed E-state index contributed by atoms with van der Waals surface area (Å²) in [6.45, 7) is 18.1. The van der Waals surface area contributed by atoms with Crippen LogP contribution in [-0.4, -0.2) is 36.6 Å². The summed E-state index contributed by atoms with van der Waals surface area (Å²) >= 11 is 0. The second-order valence-corrected chi connectivity index (χ2v) is 10.7. The monoisotopic (exact) mass is 428 g/mol. The molecule has 2 rings (SSSR count). The number of benzene rings is 2. The van der Waals surface area contributed by atoms with Gasteiger partial charge in [0.15, 0.2) is 0 Å². The molecule has 0 aliphatic carbocycles. The van der Waals surface area contributed by atoms with Crippen LogP contribution in [0.25, 0.3) is 0 Å². The summed E-state index contributed by atoms with van der Waals surface area (Å²) in [6.07, 6.45) is 0. The van der Waals surface area contributed by atoms with Gasteiger partial charge >= 0.3 is 0 Å². The Kier molecular flexibility index (Phi) is 7.83. The molecule has 172 valence electrons. The normalized spacial score (nSPS) is 12.7. The van der Waals surface area contributed by atoms with E-state index in [4.69, 9.17) is 9.47 Å². The second-order valence-electron chi connectivity index (χ2n) is 10.7. The Hall–Kier alpha value is -2.04. The van der Waals surface area contributed by atoms with Gasteiger partial charge < -0.3 is 19.7 Å². The average molecular weight is 429 g/mol. The lowest BCUT2D eigenvalue weighted by atomic mass is 9.73. The van der Waals surface area contributed by atoms with Crippen molar-refractivity contribution in [2.75, 3.05) is 26.4 Å². The molecule has 0 spiro atoms. The fourth-order valence-corrected chi connectivity index (χ4v) is 3.74. The van der Waals surface area contributed by atoms with Crippen LogP contribution in [0.3, 0.4) is 0 Å². The maximum atomic E-state index is 9.17. The van der Waals surface area contributed by atoms with Crippen molar-refractivity contribution in [3.05, 3.63) is 58.7 Å². The Balaban J connectivity index is 2.56. The molecule has 0 heterocycles. The minimum Gasteiger partial charge on any atom is -0.491 e. The van der Waals surface area contributed by atoms with E-state index in [0.29, 0.717) is 0 Å². The molecule has 0 radical (unpaired) electrons. The summed E-state index contributed by atoms with van der Waals surface area (Å²) in [5.41, 5.74) is 4.27. The third-order valence-electron chi connectivity index (χ3n) is 5.72. The molecular weight excluding hydrogens is 388 g/mol. The van der Waals surface area contributed by atoms with Crippen molar-refractivity contribution in [1.82, 2.24) is 0 Å². The van der Waals surface area contributed by atoms with Crippen LogP contribution in [0.2, 0.25) is 0 Å². The molecule has 31 heavy (non-hydrogen) atoms. The van der Waals surface area contributed by atoms with Gasteiger partial charge in [-0.3, -0.25) is 0 Å². The highest BCUT2D eigenvalue weighted by atomic mass is 16.5. The summed E-state index contributed by atoms with van der Waals surface area (Å²) in [7, 11) is 0. The maximum absolute atomic E-state index is 9.17. The largest absolute Gasteiger partial charge is 0.491 e. The van der Waals surface area contributed by atoms with E-state index in [2.05, 4.69) is 79.7 Å². The van der Waals surface area contributed by atoms with Crippen molar-refractivity contribution in [3.8, 4) is 11.5 Å². The summed E-state index contributed by atoms with van der Waals surface area (Å²) in [5, 5.41) is 18.3. The highest BCUT2D eigenvalue weighted by molar-refractivity contribution is 5.50. The molecule has 0 aliphatic rings. The van der Waals surface area contributed by atoms with Crippen molar-refractivity contribution in [3.63, 3.8) is 0 Å². The molecule has 2 aromatic carbocycles. The summed E-state index contributed by atoms with van der Waals surface area (Å²) in [4.78, 5) is 0. The molecule has 0 aromatic heterocycles. The van der Waals surface area contributed by atoms with Crippen molar-refractivity contribution < 1.29 is 19.7 Å². The SMILES string of the molecule is CC(C)(C)c1cc(C(C)(C)c2ccc(OCCO)c(C(C)(C)C)c2)ccc1OCCO. The van der Waals surface area contributed by atoms with Gasteiger partial charge in [-0.2, -0.15) is 0 Å². The number of hydrogen-bond acceptors (Lipinski definition) is 4. The third-order valence-corrected chi connectivity index (χ3v) is 5.72. The number of hydrogen-bond donors (Lipinski definition) is 2. The fourth-order valence-electron chi connectivity index (χ4n) is 3.74. The Morgan fingerprint density at radius 2 is 0.968 bits per heavy atom. The molecule has 0 fully saturated rings. The van der Waals surface area contributed by atoms with Gasteiger partial charge in [-0.1, -0.05) is 79.7 Å². The van der Waals surface area contributed by atoms with Gasteiger partial charge in [0, 0.05) is 5.41 Å². The van der Waals surface area contributed by atoms with Crippen molar-refractivity contribution in [2.45, 2.75) is 71.6 Å². The molecule has 2 N–H and O–H groups in total. The molecule has 0 bridgehead atoms. The topological polar surface area (TPSA) is 58.9 Å². The van der Waals surface area contributed by atoms with Crippen molar-refractivity contribution >= 4 is 0 Å². The van der Waals surface area contributed by atoms with Crippen LogP contribution < -0.4 is 9.47 Å². The van der Waals surface area contributed by atoms with Crippen LogP contribution in [0.4, 0.5) is 0 Å². The highest BCUT2D eigenvalue weighted by Gasteiger charge is 2.29. The van der Waals surface area contributed by atoms with E-state index >= 15 is 0 Å². The number of aliphatic hydroxyl groups excluding tert-OH is 2. The van der Waals surface area contributed by atoms with E-state index in [1.54, 1.807) is 0 Å². The first-order chi connectivity index (χ1) is 14.3. The molecule has 0 amide bonds. The zero-order valence-corrected chi connectivity index (χ0v) is 20.5. The van der Waals surface area contributed by atoms with Gasteiger partial charge in [0.1, 0.15) is 24.7 Å². The predicted molar refractivity (Wildman–Crippen MR) is 128 cm³/mol. The van der Waals surface area contributed by atoms with Gasteiger partial charge in [0.05, 0.1) is 13.2 Å². The van der Waals surface area contributed by atoms with Gasteiger partial charge in [0.2, 0.25) is 0 Å². The average Bonchev–Trinajstić information content (AvgIpc) is 2.68. The first-order valence-electron chi connectivity index (χ1n) is 11.1. The minimum absolute atomic E-state index is 0.00287. The van der Waals surface area contributed by atoms with Crippen LogP contribution in [0, 0.1) is 0 Å². The van der Waals surface area contributed by atoms with Crippen LogP contribution in [0.15, 0.2) is 36.4 Å². The molecule has 0 atom stereocenters. The predicted octanol–water partition coefficient (Wildman–Crippen LogP) is 5.35. The van der Waals surface area contributed by atoms with Crippen LogP contribution in [-0.2, 0) is 16.2 Å². The Bertz CT molecular complexity index is 798. The van der Waals surface area contributed by atoms with Crippen LogP contribution >= 0.6 is 0 Å². The summed E-state index contributed by atoms with van der Waals surface area (Å²) in [5.74, 6) is 1.65. The van der Waals surface area contributed by atoms with Gasteiger partial charge in [-0.25, -0.2) is 0 Å².